The fourth-order valence-corrected chi connectivity index (χ4v) is 2.05. The summed E-state index contributed by atoms with van der Waals surface area (Å²) in [4.78, 5) is 16.3. The Morgan fingerprint density at radius 1 is 1.28 bits per heavy atom. The number of hydrogen-bond donors (Lipinski definition) is 1. The maximum Gasteiger partial charge on any atom is 0.437 e. The van der Waals surface area contributed by atoms with Crippen molar-refractivity contribution < 1.29 is 9.63 Å². The van der Waals surface area contributed by atoms with E-state index in [9.17, 15) is 4.79 Å². The Labute approximate surface area is 111 Å². The number of amides is 1. The summed E-state index contributed by atoms with van der Waals surface area (Å²) in [6, 6.07) is 6.88. The van der Waals surface area contributed by atoms with Crippen LogP contribution in [0.4, 0.5) is 10.5 Å². The summed E-state index contributed by atoms with van der Waals surface area (Å²) in [6.45, 7) is 0. The molecule has 1 aromatic carbocycles. The molecule has 1 aliphatic carbocycles. The van der Waals surface area contributed by atoms with Crippen LogP contribution in [0.25, 0.3) is 0 Å². The predicted octanol–water partition coefficient (Wildman–Crippen LogP) is 4.21. The molecule has 0 bridgehead atoms. The van der Waals surface area contributed by atoms with Gasteiger partial charge in [0, 0.05) is 10.7 Å². The van der Waals surface area contributed by atoms with E-state index in [1.165, 1.54) is 6.42 Å². The molecule has 0 spiro atoms. The van der Waals surface area contributed by atoms with Gasteiger partial charge in [0.25, 0.3) is 0 Å². The van der Waals surface area contributed by atoms with Crippen molar-refractivity contribution in [2.24, 2.45) is 5.16 Å². The van der Waals surface area contributed by atoms with Crippen molar-refractivity contribution in [3.63, 3.8) is 0 Å². The maximum absolute atomic E-state index is 11.5. The fraction of sp³-hybridized carbons (Fsp3) is 0.385. The number of anilines is 1. The first-order valence-electron chi connectivity index (χ1n) is 6.03. The van der Waals surface area contributed by atoms with E-state index in [0.717, 1.165) is 31.4 Å². The molecule has 0 heterocycles. The average Bonchev–Trinajstić information content (AvgIpc) is 2.38. The Hall–Kier alpha value is -1.55. The SMILES string of the molecule is O=C(Nc1cccc(Cl)c1)ON=C1CCCCC1. The minimum Gasteiger partial charge on any atom is -0.298 e. The lowest BCUT2D eigenvalue weighted by molar-refractivity contribution is 0.165. The molecule has 1 fully saturated rings. The zero-order valence-corrected chi connectivity index (χ0v) is 10.7. The molecule has 96 valence electrons. The fourth-order valence-electron chi connectivity index (χ4n) is 1.86. The molecular weight excluding hydrogens is 252 g/mol. The molecule has 18 heavy (non-hydrogen) atoms. The van der Waals surface area contributed by atoms with Crippen LogP contribution in [0.2, 0.25) is 5.02 Å². The van der Waals surface area contributed by atoms with Crippen molar-refractivity contribution in [3.8, 4) is 0 Å². The monoisotopic (exact) mass is 266 g/mol. The van der Waals surface area contributed by atoms with Gasteiger partial charge in [0.05, 0.1) is 5.71 Å². The second-order valence-corrected chi connectivity index (χ2v) is 4.67. The van der Waals surface area contributed by atoms with Crippen molar-refractivity contribution in [2.45, 2.75) is 32.1 Å². The van der Waals surface area contributed by atoms with Crippen LogP contribution in [-0.4, -0.2) is 11.8 Å². The summed E-state index contributed by atoms with van der Waals surface area (Å²) in [5, 5.41) is 7.00. The van der Waals surface area contributed by atoms with Crippen molar-refractivity contribution in [1.29, 1.82) is 0 Å². The largest absolute Gasteiger partial charge is 0.437 e. The lowest BCUT2D eigenvalue weighted by Crippen LogP contribution is -2.13. The summed E-state index contributed by atoms with van der Waals surface area (Å²) < 4.78 is 0. The number of halogens is 1. The van der Waals surface area contributed by atoms with Crippen LogP contribution >= 0.6 is 11.6 Å². The topological polar surface area (TPSA) is 50.7 Å². The van der Waals surface area contributed by atoms with E-state index in [4.69, 9.17) is 16.4 Å². The molecule has 0 radical (unpaired) electrons. The van der Waals surface area contributed by atoms with Crippen LogP contribution in [0.1, 0.15) is 32.1 Å². The number of nitrogens with zero attached hydrogens (tertiary/aromatic N) is 1. The number of carbonyl (C=O) groups is 1. The first-order valence-corrected chi connectivity index (χ1v) is 6.41. The van der Waals surface area contributed by atoms with Gasteiger partial charge in [-0.15, -0.1) is 0 Å². The maximum atomic E-state index is 11.5. The van der Waals surface area contributed by atoms with Gasteiger partial charge in [-0.05, 0) is 43.9 Å². The van der Waals surface area contributed by atoms with Crippen LogP contribution < -0.4 is 5.32 Å². The normalized spacial score (nSPS) is 15.1. The average molecular weight is 267 g/mol. The molecule has 1 N–H and O–H groups in total. The van der Waals surface area contributed by atoms with Crippen LogP contribution in [0.3, 0.4) is 0 Å². The predicted molar refractivity (Wildman–Crippen MR) is 72.1 cm³/mol. The molecular formula is C13H15ClN2O2. The third-order valence-corrected chi connectivity index (χ3v) is 2.99. The van der Waals surface area contributed by atoms with Gasteiger partial charge < -0.3 is 0 Å². The van der Waals surface area contributed by atoms with E-state index in [2.05, 4.69) is 10.5 Å². The molecule has 0 atom stereocenters. The molecule has 0 saturated heterocycles. The molecule has 1 amide bonds. The number of hydrogen-bond acceptors (Lipinski definition) is 3. The van der Waals surface area contributed by atoms with Gasteiger partial charge in [0.1, 0.15) is 0 Å². The number of nitrogens with one attached hydrogen (secondary N) is 1. The Morgan fingerprint density at radius 2 is 2.06 bits per heavy atom. The summed E-state index contributed by atoms with van der Waals surface area (Å²) in [5.41, 5.74) is 1.55. The highest BCUT2D eigenvalue weighted by atomic mass is 35.5. The summed E-state index contributed by atoms with van der Waals surface area (Å²) in [6.07, 6.45) is 4.73. The van der Waals surface area contributed by atoms with Crippen molar-refractivity contribution in [1.82, 2.24) is 0 Å². The van der Waals surface area contributed by atoms with Crippen molar-refractivity contribution >= 4 is 29.1 Å². The van der Waals surface area contributed by atoms with Crippen LogP contribution in [0.15, 0.2) is 29.4 Å². The Bertz CT molecular complexity index is 452. The Balaban J connectivity index is 1.85. The lowest BCUT2D eigenvalue weighted by atomic mass is 9.99. The lowest BCUT2D eigenvalue weighted by Gasteiger charge is -2.11. The minimum absolute atomic E-state index is 0.561. The van der Waals surface area contributed by atoms with Crippen LogP contribution in [-0.2, 0) is 4.84 Å². The van der Waals surface area contributed by atoms with Gasteiger partial charge in [-0.2, -0.15) is 0 Å². The summed E-state index contributed by atoms with van der Waals surface area (Å²) >= 11 is 5.81. The van der Waals surface area contributed by atoms with Crippen LogP contribution in [0.5, 0.6) is 0 Å². The molecule has 4 nitrogen and oxygen atoms in total. The Kier molecular flexibility index (Phi) is 4.59. The quantitative estimate of drug-likeness (QED) is 0.644. The second-order valence-electron chi connectivity index (χ2n) is 4.23. The van der Waals surface area contributed by atoms with Gasteiger partial charge in [-0.1, -0.05) is 29.2 Å². The van der Waals surface area contributed by atoms with Crippen molar-refractivity contribution in [2.75, 3.05) is 5.32 Å². The standard InChI is InChI=1S/C13H15ClN2O2/c14-10-5-4-8-12(9-10)15-13(17)18-16-11-6-2-1-3-7-11/h4-5,8-9H,1-3,6-7H2,(H,15,17). The van der Waals surface area contributed by atoms with Crippen LogP contribution in [0, 0.1) is 0 Å². The zero-order chi connectivity index (χ0) is 12.8. The van der Waals surface area contributed by atoms with E-state index < -0.39 is 6.09 Å². The van der Waals surface area contributed by atoms with E-state index in [1.54, 1.807) is 24.3 Å². The first kappa shape index (κ1) is 12.9. The van der Waals surface area contributed by atoms with E-state index in [0.29, 0.717) is 10.7 Å². The second kappa shape index (κ2) is 6.40. The highest BCUT2D eigenvalue weighted by Gasteiger charge is 2.09. The third-order valence-electron chi connectivity index (χ3n) is 2.76. The van der Waals surface area contributed by atoms with Gasteiger partial charge >= 0.3 is 6.09 Å². The van der Waals surface area contributed by atoms with E-state index in [-0.39, 0.29) is 0 Å². The highest BCUT2D eigenvalue weighted by molar-refractivity contribution is 6.30. The third kappa shape index (κ3) is 4.04. The smallest absolute Gasteiger partial charge is 0.298 e. The van der Waals surface area contributed by atoms with E-state index in [1.807, 2.05) is 0 Å². The summed E-state index contributed by atoms with van der Waals surface area (Å²) in [7, 11) is 0. The van der Waals surface area contributed by atoms with Crippen molar-refractivity contribution in [3.05, 3.63) is 29.3 Å². The molecule has 0 aliphatic heterocycles. The van der Waals surface area contributed by atoms with Gasteiger partial charge in [-0.3, -0.25) is 10.2 Å². The van der Waals surface area contributed by atoms with Gasteiger partial charge in [0.15, 0.2) is 0 Å². The highest BCUT2D eigenvalue weighted by Crippen LogP contribution is 2.16. The number of oxime groups is 1. The van der Waals surface area contributed by atoms with Gasteiger partial charge in [0.2, 0.25) is 0 Å². The molecule has 0 aromatic heterocycles. The Morgan fingerprint density at radius 3 is 2.78 bits per heavy atom. The molecule has 0 unspecified atom stereocenters. The van der Waals surface area contributed by atoms with E-state index >= 15 is 0 Å². The number of carbonyl (C=O) groups excluding carboxylic acids is 1. The molecule has 1 aliphatic rings. The molecule has 5 heteroatoms. The first-order chi connectivity index (χ1) is 8.74. The van der Waals surface area contributed by atoms with Gasteiger partial charge in [-0.25, -0.2) is 4.79 Å². The molecule has 2 rings (SSSR count). The molecule has 1 saturated carbocycles. The molecule has 1 aromatic rings. The zero-order valence-electron chi connectivity index (χ0n) is 9.99. The summed E-state index contributed by atoms with van der Waals surface area (Å²) in [5.74, 6) is 0. The number of rotatable bonds is 2. The number of benzene rings is 1. The minimum atomic E-state index is -0.588.